The van der Waals surface area contributed by atoms with E-state index >= 15 is 0 Å². The fourth-order valence-electron chi connectivity index (χ4n) is 3.13. The lowest BCUT2D eigenvalue weighted by Crippen LogP contribution is -2.31. The molecule has 2 aliphatic rings. The summed E-state index contributed by atoms with van der Waals surface area (Å²) in [6.07, 6.45) is 8.62. The van der Waals surface area contributed by atoms with E-state index in [1.807, 2.05) is 6.07 Å². The Morgan fingerprint density at radius 2 is 2.00 bits per heavy atom. The Labute approximate surface area is 142 Å². The molecule has 1 aliphatic heterocycles. The molecule has 1 N–H and O–H groups in total. The smallest absolute Gasteiger partial charge is 0.270 e. The molecule has 1 aromatic heterocycles. The van der Waals surface area contributed by atoms with Crippen LogP contribution in [0.1, 0.15) is 49.0 Å². The number of ether oxygens (including phenoxy) is 3. The first-order chi connectivity index (χ1) is 11.8. The zero-order valence-electron chi connectivity index (χ0n) is 14.0. The number of hydrogen-bond donors (Lipinski definition) is 1. The molecule has 6 nitrogen and oxygen atoms in total. The molecular weight excluding hydrogens is 308 g/mol. The summed E-state index contributed by atoms with van der Waals surface area (Å²) in [5.74, 6) is 0.531. The second-order valence-electron chi connectivity index (χ2n) is 6.34. The standard InChI is InChI=1S/C18H26N2O4/c21-18(20-9-12-23-14-6-10-22-11-7-14)17-13-16(5-8-19-17)24-15-3-1-2-4-15/h5,8,13-15H,1-4,6-7,9-12H2,(H,20,21). The maximum atomic E-state index is 12.2. The Morgan fingerprint density at radius 3 is 2.79 bits per heavy atom. The molecule has 0 aromatic carbocycles. The fourth-order valence-corrected chi connectivity index (χ4v) is 3.13. The lowest BCUT2D eigenvalue weighted by Gasteiger charge is -2.22. The lowest BCUT2D eigenvalue weighted by molar-refractivity contribution is -0.0302. The minimum Gasteiger partial charge on any atom is -0.490 e. The van der Waals surface area contributed by atoms with E-state index in [9.17, 15) is 4.79 Å². The van der Waals surface area contributed by atoms with E-state index in [1.165, 1.54) is 12.8 Å². The molecule has 1 saturated heterocycles. The van der Waals surface area contributed by atoms with Crippen LogP contribution in [-0.4, -0.2) is 49.5 Å². The van der Waals surface area contributed by atoms with Gasteiger partial charge in [0.05, 0.1) is 18.8 Å². The van der Waals surface area contributed by atoms with E-state index in [0.29, 0.717) is 18.8 Å². The number of rotatable bonds is 7. The van der Waals surface area contributed by atoms with Crippen molar-refractivity contribution in [3.63, 3.8) is 0 Å². The Bertz CT molecular complexity index is 526. The number of carbonyl (C=O) groups excluding carboxylic acids is 1. The quantitative estimate of drug-likeness (QED) is 0.775. The first kappa shape index (κ1) is 17.2. The van der Waals surface area contributed by atoms with E-state index in [1.54, 1.807) is 12.3 Å². The van der Waals surface area contributed by atoms with Gasteiger partial charge in [-0.3, -0.25) is 9.78 Å². The van der Waals surface area contributed by atoms with Crippen LogP contribution >= 0.6 is 0 Å². The molecule has 0 radical (unpaired) electrons. The third-order valence-electron chi connectivity index (χ3n) is 4.48. The molecule has 2 heterocycles. The Hall–Kier alpha value is -1.66. The summed E-state index contributed by atoms with van der Waals surface area (Å²) < 4.78 is 16.9. The van der Waals surface area contributed by atoms with Crippen molar-refractivity contribution in [2.75, 3.05) is 26.4 Å². The SMILES string of the molecule is O=C(NCCOC1CCOCC1)c1cc(OC2CCCC2)ccn1. The van der Waals surface area contributed by atoms with Gasteiger partial charge < -0.3 is 19.5 Å². The minimum absolute atomic E-state index is 0.192. The highest BCUT2D eigenvalue weighted by Crippen LogP contribution is 2.24. The molecular formula is C18H26N2O4. The van der Waals surface area contributed by atoms with Gasteiger partial charge in [-0.1, -0.05) is 0 Å². The number of carbonyl (C=O) groups is 1. The zero-order chi connectivity index (χ0) is 16.6. The maximum absolute atomic E-state index is 12.2. The predicted molar refractivity (Wildman–Crippen MR) is 89.2 cm³/mol. The van der Waals surface area contributed by atoms with Crippen molar-refractivity contribution in [1.29, 1.82) is 0 Å². The Balaban J connectivity index is 1.40. The van der Waals surface area contributed by atoms with Crippen LogP contribution in [0.5, 0.6) is 5.75 Å². The van der Waals surface area contributed by atoms with E-state index < -0.39 is 0 Å². The van der Waals surface area contributed by atoms with Gasteiger partial charge in [0, 0.05) is 32.0 Å². The summed E-state index contributed by atoms with van der Waals surface area (Å²) in [5, 5.41) is 2.85. The molecule has 0 spiro atoms. The number of aromatic nitrogens is 1. The van der Waals surface area contributed by atoms with Crippen LogP contribution in [0.15, 0.2) is 18.3 Å². The van der Waals surface area contributed by atoms with Gasteiger partial charge in [0.1, 0.15) is 11.4 Å². The monoisotopic (exact) mass is 334 g/mol. The third-order valence-corrected chi connectivity index (χ3v) is 4.48. The largest absolute Gasteiger partial charge is 0.490 e. The second kappa shape index (κ2) is 8.99. The Kier molecular flexibility index (Phi) is 6.43. The Morgan fingerprint density at radius 1 is 1.21 bits per heavy atom. The molecule has 1 aliphatic carbocycles. The molecule has 132 valence electrons. The molecule has 0 atom stereocenters. The van der Waals surface area contributed by atoms with Crippen molar-refractivity contribution in [2.24, 2.45) is 0 Å². The van der Waals surface area contributed by atoms with E-state index in [2.05, 4.69) is 10.3 Å². The van der Waals surface area contributed by atoms with Crippen LogP contribution in [0, 0.1) is 0 Å². The molecule has 24 heavy (non-hydrogen) atoms. The predicted octanol–water partition coefficient (Wildman–Crippen LogP) is 2.33. The average molecular weight is 334 g/mol. The summed E-state index contributed by atoms with van der Waals surface area (Å²) >= 11 is 0. The number of nitrogens with one attached hydrogen (secondary N) is 1. The maximum Gasteiger partial charge on any atom is 0.270 e. The van der Waals surface area contributed by atoms with Crippen LogP contribution in [0.3, 0.4) is 0 Å². The third kappa shape index (κ3) is 5.18. The highest BCUT2D eigenvalue weighted by atomic mass is 16.5. The second-order valence-corrected chi connectivity index (χ2v) is 6.34. The van der Waals surface area contributed by atoms with Gasteiger partial charge in [0.25, 0.3) is 5.91 Å². The zero-order valence-corrected chi connectivity index (χ0v) is 14.0. The molecule has 1 amide bonds. The van der Waals surface area contributed by atoms with Crippen molar-refractivity contribution in [1.82, 2.24) is 10.3 Å². The van der Waals surface area contributed by atoms with Crippen molar-refractivity contribution < 1.29 is 19.0 Å². The molecule has 0 bridgehead atoms. The normalized spacial score (nSPS) is 19.3. The summed E-state index contributed by atoms with van der Waals surface area (Å²) in [5.41, 5.74) is 0.386. The van der Waals surface area contributed by atoms with Crippen LogP contribution < -0.4 is 10.1 Å². The summed E-state index contributed by atoms with van der Waals surface area (Å²) in [7, 11) is 0. The number of hydrogen-bond acceptors (Lipinski definition) is 5. The van der Waals surface area contributed by atoms with Gasteiger partial charge in [-0.2, -0.15) is 0 Å². The number of nitrogens with zero attached hydrogens (tertiary/aromatic N) is 1. The molecule has 1 aromatic rings. The van der Waals surface area contributed by atoms with Crippen molar-refractivity contribution in [2.45, 2.75) is 50.7 Å². The number of pyridine rings is 1. The minimum atomic E-state index is -0.192. The lowest BCUT2D eigenvalue weighted by atomic mass is 10.2. The van der Waals surface area contributed by atoms with Gasteiger partial charge in [0.2, 0.25) is 0 Å². The van der Waals surface area contributed by atoms with Crippen LogP contribution in [-0.2, 0) is 9.47 Å². The topological polar surface area (TPSA) is 69.7 Å². The molecule has 2 fully saturated rings. The average Bonchev–Trinajstić information content (AvgIpc) is 3.13. The summed E-state index contributed by atoms with van der Waals surface area (Å²) in [6, 6.07) is 3.52. The summed E-state index contributed by atoms with van der Waals surface area (Å²) in [6.45, 7) is 2.50. The number of amides is 1. The fraction of sp³-hybridized carbons (Fsp3) is 0.667. The van der Waals surface area contributed by atoms with E-state index in [4.69, 9.17) is 14.2 Å². The van der Waals surface area contributed by atoms with Crippen molar-refractivity contribution in [3.05, 3.63) is 24.0 Å². The highest BCUT2D eigenvalue weighted by Gasteiger charge is 2.17. The summed E-state index contributed by atoms with van der Waals surface area (Å²) in [4.78, 5) is 16.3. The molecule has 6 heteroatoms. The first-order valence-corrected chi connectivity index (χ1v) is 8.91. The van der Waals surface area contributed by atoms with Gasteiger partial charge >= 0.3 is 0 Å². The molecule has 0 unspecified atom stereocenters. The molecule has 3 rings (SSSR count). The van der Waals surface area contributed by atoms with Gasteiger partial charge in [-0.25, -0.2) is 0 Å². The van der Waals surface area contributed by atoms with Crippen LogP contribution in [0.4, 0.5) is 0 Å². The first-order valence-electron chi connectivity index (χ1n) is 8.91. The van der Waals surface area contributed by atoms with E-state index in [0.717, 1.165) is 44.6 Å². The van der Waals surface area contributed by atoms with Crippen molar-refractivity contribution in [3.8, 4) is 5.75 Å². The van der Waals surface area contributed by atoms with Gasteiger partial charge in [-0.05, 0) is 44.6 Å². The van der Waals surface area contributed by atoms with Crippen LogP contribution in [0.25, 0.3) is 0 Å². The molecule has 1 saturated carbocycles. The van der Waals surface area contributed by atoms with Gasteiger partial charge in [0.15, 0.2) is 0 Å². The van der Waals surface area contributed by atoms with Crippen LogP contribution in [0.2, 0.25) is 0 Å². The van der Waals surface area contributed by atoms with Crippen molar-refractivity contribution >= 4 is 5.91 Å². The van der Waals surface area contributed by atoms with E-state index in [-0.39, 0.29) is 18.1 Å². The van der Waals surface area contributed by atoms with Gasteiger partial charge in [-0.15, -0.1) is 0 Å². The highest BCUT2D eigenvalue weighted by molar-refractivity contribution is 5.92.